The van der Waals surface area contributed by atoms with Crippen LogP contribution in [0.5, 0.6) is 0 Å². The molecular formula is C53H47N. The summed E-state index contributed by atoms with van der Waals surface area (Å²) in [5, 5.41) is 0. The van der Waals surface area contributed by atoms with Gasteiger partial charge in [-0.3, -0.25) is 0 Å². The summed E-state index contributed by atoms with van der Waals surface area (Å²) in [5.74, 6) is 3.49. The molecule has 2 unspecified atom stereocenters. The highest BCUT2D eigenvalue weighted by atomic mass is 15.1. The first-order valence-corrected chi connectivity index (χ1v) is 20.1. The molecule has 7 aromatic rings. The van der Waals surface area contributed by atoms with Crippen LogP contribution in [-0.2, 0) is 12.8 Å². The van der Waals surface area contributed by atoms with E-state index in [1.54, 1.807) is 5.56 Å². The van der Waals surface area contributed by atoms with Crippen LogP contribution < -0.4 is 4.90 Å². The zero-order chi connectivity index (χ0) is 35.8. The quantitative estimate of drug-likeness (QED) is 0.167. The molecule has 0 aromatic heterocycles. The van der Waals surface area contributed by atoms with E-state index in [4.69, 9.17) is 0 Å². The van der Waals surface area contributed by atoms with Crippen molar-refractivity contribution in [3.63, 3.8) is 0 Å². The minimum atomic E-state index is 0.808. The summed E-state index contributed by atoms with van der Waals surface area (Å²) in [4.78, 5) is 2.40. The van der Waals surface area contributed by atoms with Crippen molar-refractivity contribution >= 4 is 17.1 Å². The van der Waals surface area contributed by atoms with Gasteiger partial charge >= 0.3 is 0 Å². The Morgan fingerprint density at radius 2 is 0.741 bits per heavy atom. The van der Waals surface area contributed by atoms with E-state index < -0.39 is 0 Å². The Morgan fingerprint density at radius 1 is 0.296 bits per heavy atom. The van der Waals surface area contributed by atoms with Gasteiger partial charge in [-0.05, 0) is 167 Å². The summed E-state index contributed by atoms with van der Waals surface area (Å²) >= 11 is 0. The van der Waals surface area contributed by atoms with Crippen LogP contribution in [0.4, 0.5) is 17.1 Å². The normalized spacial score (nSPS) is 20.1. The number of nitrogens with zero attached hydrogens (tertiary/aromatic N) is 1. The second-order valence-corrected chi connectivity index (χ2v) is 16.3. The Hall–Kier alpha value is -5.66. The third kappa shape index (κ3) is 6.58. The molecule has 11 rings (SSSR count). The highest BCUT2D eigenvalue weighted by molar-refractivity contribution is 5.84. The third-order valence-electron chi connectivity index (χ3n) is 12.7. The number of rotatable bonds is 6. The Labute approximate surface area is 321 Å². The maximum atomic E-state index is 2.52. The number of hydrogen-bond acceptors (Lipinski definition) is 1. The van der Waals surface area contributed by atoms with Crippen molar-refractivity contribution in [2.75, 3.05) is 4.90 Å². The Balaban J connectivity index is 1.05. The summed E-state index contributed by atoms with van der Waals surface area (Å²) in [6, 6.07) is 65.2. The lowest BCUT2D eigenvalue weighted by atomic mass is 9.63. The first kappa shape index (κ1) is 32.9. The van der Waals surface area contributed by atoms with E-state index in [9.17, 15) is 0 Å². The lowest BCUT2D eigenvalue weighted by Crippen LogP contribution is -2.32. The van der Waals surface area contributed by atoms with Gasteiger partial charge in [0, 0.05) is 17.1 Å². The van der Waals surface area contributed by atoms with Crippen molar-refractivity contribution in [2.45, 2.75) is 44.9 Å². The lowest BCUT2D eigenvalue weighted by molar-refractivity contribution is 0.0973. The summed E-state index contributed by atoms with van der Waals surface area (Å²) in [6.07, 6.45) is 9.58. The van der Waals surface area contributed by atoms with E-state index in [1.165, 1.54) is 95.0 Å². The monoisotopic (exact) mass is 697 g/mol. The van der Waals surface area contributed by atoms with Gasteiger partial charge in [0.25, 0.3) is 0 Å². The molecule has 1 heteroatoms. The molecule has 0 radical (unpaired) electrons. The minimum absolute atomic E-state index is 0.808. The van der Waals surface area contributed by atoms with Crippen LogP contribution in [0.2, 0.25) is 0 Å². The molecule has 2 atom stereocenters. The second-order valence-electron chi connectivity index (χ2n) is 16.3. The largest absolute Gasteiger partial charge is 0.310 e. The molecule has 4 aliphatic carbocycles. The average molecular weight is 698 g/mol. The molecule has 0 saturated heterocycles. The molecule has 1 nitrogen and oxygen atoms in total. The molecule has 0 aliphatic heterocycles. The van der Waals surface area contributed by atoms with Crippen LogP contribution in [0.3, 0.4) is 0 Å². The van der Waals surface area contributed by atoms with Crippen molar-refractivity contribution in [3.05, 3.63) is 187 Å². The molecule has 0 heterocycles. The van der Waals surface area contributed by atoms with E-state index in [-0.39, 0.29) is 0 Å². The van der Waals surface area contributed by atoms with Gasteiger partial charge in [-0.25, -0.2) is 0 Å². The Morgan fingerprint density at radius 3 is 1.33 bits per heavy atom. The van der Waals surface area contributed by atoms with Gasteiger partial charge in [-0.2, -0.15) is 0 Å². The molecule has 2 fully saturated rings. The number of hydrogen-bond donors (Lipinski definition) is 0. The first-order valence-electron chi connectivity index (χ1n) is 20.1. The van der Waals surface area contributed by atoms with Crippen LogP contribution in [-0.4, -0.2) is 0 Å². The third-order valence-corrected chi connectivity index (χ3v) is 12.7. The molecule has 0 amide bonds. The van der Waals surface area contributed by atoms with E-state index in [2.05, 4.69) is 181 Å². The fourth-order valence-electron chi connectivity index (χ4n) is 10.4. The number of benzene rings is 7. The van der Waals surface area contributed by atoms with Crippen LogP contribution in [0.15, 0.2) is 176 Å². The molecule has 54 heavy (non-hydrogen) atoms. The maximum absolute atomic E-state index is 2.52. The zero-order valence-electron chi connectivity index (χ0n) is 30.9. The zero-order valence-corrected chi connectivity index (χ0v) is 30.9. The van der Waals surface area contributed by atoms with Crippen LogP contribution >= 0.6 is 0 Å². The van der Waals surface area contributed by atoms with E-state index in [0.717, 1.165) is 40.7 Å². The molecular weight excluding hydrogens is 651 g/mol. The SMILES string of the molecule is c1ccc(-c2ccc(N(c3ccc(-c4ccccc4)cc3)c3cccc(-c4ccc5c(c4)-c4ccccc4CC4CC6CC(C5)CC(C4)C6)c3)cc2)cc1. The van der Waals surface area contributed by atoms with Gasteiger partial charge in [0.05, 0.1) is 0 Å². The van der Waals surface area contributed by atoms with Gasteiger partial charge in [0.2, 0.25) is 0 Å². The fourth-order valence-corrected chi connectivity index (χ4v) is 10.4. The Bertz CT molecular complexity index is 2280. The predicted octanol–water partition coefficient (Wildman–Crippen LogP) is 14.4. The van der Waals surface area contributed by atoms with E-state index >= 15 is 0 Å². The smallest absolute Gasteiger partial charge is 0.0467 e. The topological polar surface area (TPSA) is 3.24 Å². The van der Waals surface area contributed by atoms with E-state index in [0.29, 0.717) is 0 Å². The van der Waals surface area contributed by atoms with Crippen molar-refractivity contribution in [1.82, 2.24) is 0 Å². The summed E-state index contributed by atoms with van der Waals surface area (Å²) in [5.41, 5.74) is 16.8. The molecule has 4 bridgehead atoms. The van der Waals surface area contributed by atoms with Crippen LogP contribution in [0.1, 0.15) is 43.2 Å². The molecule has 264 valence electrons. The summed E-state index contributed by atoms with van der Waals surface area (Å²) < 4.78 is 0. The predicted molar refractivity (Wildman–Crippen MR) is 227 cm³/mol. The fraction of sp³-hybridized carbons (Fsp3) is 0.208. The van der Waals surface area contributed by atoms with Crippen molar-refractivity contribution < 1.29 is 0 Å². The van der Waals surface area contributed by atoms with Gasteiger partial charge in [-0.1, -0.05) is 133 Å². The first-order chi connectivity index (χ1) is 26.7. The van der Waals surface area contributed by atoms with Crippen molar-refractivity contribution in [1.29, 1.82) is 0 Å². The van der Waals surface area contributed by atoms with Gasteiger partial charge in [-0.15, -0.1) is 0 Å². The molecule has 4 aliphatic rings. The number of anilines is 3. The molecule has 2 saturated carbocycles. The van der Waals surface area contributed by atoms with Crippen molar-refractivity contribution in [2.24, 2.45) is 23.7 Å². The standard InChI is InChI=1S/C53H47N/c1-3-10-41(11-4-1)43-20-24-49(25-21-43)54(50-26-22-44(23-27-50)42-12-5-2-6-13-42)51-16-9-15-45(35-51)46-18-19-48-34-40-31-37-28-38(32-40)30-39(29-37)33-47-14-7-8-17-52(47)53(48)36-46/h1-27,35-40H,28-34H2. The average Bonchev–Trinajstić information content (AvgIpc) is 3.25. The van der Waals surface area contributed by atoms with Crippen molar-refractivity contribution in [3.8, 4) is 44.5 Å². The second kappa shape index (κ2) is 14.3. The molecule has 7 aromatic carbocycles. The summed E-state index contributed by atoms with van der Waals surface area (Å²) in [6.45, 7) is 0. The molecule has 0 N–H and O–H groups in total. The van der Waals surface area contributed by atoms with Gasteiger partial charge < -0.3 is 4.90 Å². The van der Waals surface area contributed by atoms with Gasteiger partial charge in [0.15, 0.2) is 0 Å². The van der Waals surface area contributed by atoms with E-state index in [1.807, 2.05) is 0 Å². The maximum Gasteiger partial charge on any atom is 0.0467 e. The lowest BCUT2D eigenvalue weighted by Gasteiger charge is -2.42. The Kier molecular flexibility index (Phi) is 8.72. The highest BCUT2D eigenvalue weighted by Gasteiger charge is 2.37. The van der Waals surface area contributed by atoms with Gasteiger partial charge in [0.1, 0.15) is 0 Å². The minimum Gasteiger partial charge on any atom is -0.310 e. The summed E-state index contributed by atoms with van der Waals surface area (Å²) in [7, 11) is 0. The highest BCUT2D eigenvalue weighted by Crippen LogP contribution is 2.49. The van der Waals surface area contributed by atoms with Crippen LogP contribution in [0.25, 0.3) is 44.5 Å². The van der Waals surface area contributed by atoms with Crippen LogP contribution in [0, 0.1) is 23.7 Å². The molecule has 0 spiro atoms.